The second kappa shape index (κ2) is 11.7. The van der Waals surface area contributed by atoms with Crippen LogP contribution in [0, 0.1) is 5.92 Å². The number of carbonyl (C=O) groups is 1. The third kappa shape index (κ3) is 5.99. The number of rotatable bonds is 7. The zero-order valence-corrected chi connectivity index (χ0v) is 18.7. The van der Waals surface area contributed by atoms with Crippen molar-refractivity contribution in [2.24, 2.45) is 5.92 Å². The highest BCUT2D eigenvalue weighted by atomic mass is 35.5. The van der Waals surface area contributed by atoms with E-state index in [1.165, 1.54) is 19.3 Å². The van der Waals surface area contributed by atoms with Gasteiger partial charge in [0.25, 0.3) is 5.91 Å². The lowest BCUT2D eigenvalue weighted by atomic mass is 9.80. The average Bonchev–Trinajstić information content (AvgIpc) is 2.72. The first-order chi connectivity index (χ1) is 14.6. The lowest BCUT2D eigenvalue weighted by molar-refractivity contribution is -0.170. The van der Waals surface area contributed by atoms with Crippen molar-refractivity contribution in [1.29, 1.82) is 0 Å². The maximum atomic E-state index is 13.3. The van der Waals surface area contributed by atoms with Crippen LogP contribution in [0.15, 0.2) is 36.1 Å². The van der Waals surface area contributed by atoms with Gasteiger partial charge in [0.2, 0.25) is 6.29 Å². The molecule has 0 radical (unpaired) electrons. The van der Waals surface area contributed by atoms with Crippen LogP contribution >= 0.6 is 11.6 Å². The number of hydrogen-bond donors (Lipinski definition) is 1. The number of ether oxygens (including phenoxy) is 2. The molecule has 2 heterocycles. The van der Waals surface area contributed by atoms with Crippen LogP contribution in [-0.2, 0) is 14.3 Å². The molecule has 1 saturated heterocycles. The van der Waals surface area contributed by atoms with E-state index in [0.717, 1.165) is 37.9 Å². The Bertz CT molecular complexity index is 698. The van der Waals surface area contributed by atoms with Gasteiger partial charge in [-0.15, -0.1) is 0 Å². The van der Waals surface area contributed by atoms with Crippen molar-refractivity contribution in [3.63, 3.8) is 0 Å². The minimum atomic E-state index is -0.513. The highest BCUT2D eigenvalue weighted by Crippen LogP contribution is 2.40. The van der Waals surface area contributed by atoms with E-state index in [1.54, 1.807) is 0 Å². The molecular weight excluding hydrogens is 402 g/mol. The minimum absolute atomic E-state index is 0.0159. The summed E-state index contributed by atoms with van der Waals surface area (Å²) >= 11 is 6.10. The maximum absolute atomic E-state index is 13.3. The monoisotopic (exact) mass is 435 g/mol. The predicted molar refractivity (Wildman–Crippen MR) is 118 cm³/mol. The van der Waals surface area contributed by atoms with E-state index in [-0.39, 0.29) is 24.3 Å². The Balaban J connectivity index is 1.90. The van der Waals surface area contributed by atoms with Crippen LogP contribution in [0.25, 0.3) is 0 Å². The molecule has 0 bridgehead atoms. The van der Waals surface area contributed by atoms with Crippen LogP contribution in [0.5, 0.6) is 0 Å². The fourth-order valence-corrected chi connectivity index (χ4v) is 4.55. The average molecular weight is 436 g/mol. The highest BCUT2D eigenvalue weighted by Gasteiger charge is 2.38. The molecule has 1 amide bonds. The molecule has 0 unspecified atom stereocenters. The molecule has 0 aliphatic carbocycles. The van der Waals surface area contributed by atoms with E-state index >= 15 is 0 Å². The Morgan fingerprint density at radius 3 is 2.47 bits per heavy atom. The fraction of sp³-hybridized carbons (Fsp3) is 0.625. The number of hydrogen-bond acceptors (Lipinski definition) is 4. The topological polar surface area (TPSA) is 59.0 Å². The van der Waals surface area contributed by atoms with Gasteiger partial charge in [-0.05, 0) is 56.4 Å². The quantitative estimate of drug-likeness (QED) is 0.662. The number of allylic oxidation sites excluding steroid dienone is 1. The van der Waals surface area contributed by atoms with Crippen molar-refractivity contribution in [3.05, 3.63) is 46.7 Å². The molecule has 3 rings (SSSR count). The number of likely N-dealkylation sites (tertiary alicyclic amines) is 1. The first-order valence-electron chi connectivity index (χ1n) is 11.3. The van der Waals surface area contributed by atoms with Gasteiger partial charge in [-0.25, -0.2) is 0 Å². The number of halogens is 1. The molecule has 1 N–H and O–H groups in total. The lowest BCUT2D eigenvalue weighted by Gasteiger charge is -2.38. The van der Waals surface area contributed by atoms with Crippen LogP contribution < -0.4 is 0 Å². The molecule has 0 aromatic heterocycles. The zero-order valence-electron chi connectivity index (χ0n) is 17.9. The standard InChI is InChI=1S/C24H34ClNO4/c1-2-29-24-20(9-8-16-27)21(18-10-12-19(25)13-11-18)17-22(30-24)23(28)26-14-6-4-3-5-7-15-26/h10-13,17,20-21,24,27H,2-9,14-16H2,1H3/t20-,21-,24-/m1/s1. The van der Waals surface area contributed by atoms with E-state index in [0.29, 0.717) is 23.8 Å². The van der Waals surface area contributed by atoms with Gasteiger partial charge in [-0.1, -0.05) is 43.0 Å². The molecular formula is C24H34ClNO4. The van der Waals surface area contributed by atoms with Crippen molar-refractivity contribution in [2.75, 3.05) is 26.3 Å². The number of carbonyl (C=O) groups excluding carboxylic acids is 1. The molecule has 166 valence electrons. The molecule has 0 saturated carbocycles. The molecule has 6 heteroatoms. The fourth-order valence-electron chi connectivity index (χ4n) is 4.43. The Labute approximate surface area is 185 Å². The van der Waals surface area contributed by atoms with Crippen molar-refractivity contribution >= 4 is 17.5 Å². The van der Waals surface area contributed by atoms with E-state index in [9.17, 15) is 9.90 Å². The summed E-state index contributed by atoms with van der Waals surface area (Å²) < 4.78 is 12.1. The van der Waals surface area contributed by atoms with Crippen LogP contribution in [0.2, 0.25) is 5.02 Å². The molecule has 1 aromatic rings. The third-order valence-electron chi connectivity index (χ3n) is 6.02. The summed E-state index contributed by atoms with van der Waals surface area (Å²) in [7, 11) is 0. The second-order valence-electron chi connectivity index (χ2n) is 8.14. The number of benzene rings is 1. The van der Waals surface area contributed by atoms with Crippen molar-refractivity contribution in [2.45, 2.75) is 64.1 Å². The normalized spacial score (nSPS) is 25.1. The smallest absolute Gasteiger partial charge is 0.288 e. The van der Waals surface area contributed by atoms with Crippen LogP contribution in [0.1, 0.15) is 63.4 Å². The molecule has 1 fully saturated rings. The van der Waals surface area contributed by atoms with Gasteiger partial charge in [0.05, 0.1) is 0 Å². The Hall–Kier alpha value is -1.56. The van der Waals surface area contributed by atoms with Gasteiger partial charge < -0.3 is 19.5 Å². The number of aliphatic hydroxyl groups excluding tert-OH is 1. The molecule has 3 atom stereocenters. The van der Waals surface area contributed by atoms with Crippen molar-refractivity contribution < 1.29 is 19.4 Å². The van der Waals surface area contributed by atoms with E-state index < -0.39 is 6.29 Å². The molecule has 1 aromatic carbocycles. The SMILES string of the molecule is CCO[C@@H]1OC(C(=O)N2CCCCCCC2)=C[C@H](c2ccc(Cl)cc2)[C@H]1CCCO. The van der Waals surface area contributed by atoms with Gasteiger partial charge >= 0.3 is 0 Å². The minimum Gasteiger partial charge on any atom is -0.459 e. The van der Waals surface area contributed by atoms with Gasteiger partial charge in [-0.2, -0.15) is 0 Å². The van der Waals surface area contributed by atoms with Gasteiger partial charge in [0.15, 0.2) is 5.76 Å². The first kappa shape index (κ1) is 23.1. The lowest BCUT2D eigenvalue weighted by Crippen LogP contribution is -2.41. The van der Waals surface area contributed by atoms with Crippen molar-refractivity contribution in [1.82, 2.24) is 4.90 Å². The summed E-state index contributed by atoms with van der Waals surface area (Å²) in [6, 6.07) is 7.75. The van der Waals surface area contributed by atoms with Gasteiger partial charge in [0, 0.05) is 43.2 Å². The predicted octanol–water partition coefficient (Wildman–Crippen LogP) is 4.88. The van der Waals surface area contributed by atoms with E-state index in [2.05, 4.69) is 0 Å². The molecule has 0 spiro atoms. The van der Waals surface area contributed by atoms with Crippen molar-refractivity contribution in [3.8, 4) is 0 Å². The Morgan fingerprint density at radius 2 is 1.83 bits per heavy atom. The van der Waals surface area contributed by atoms with Crippen LogP contribution in [0.4, 0.5) is 0 Å². The van der Waals surface area contributed by atoms with E-state index in [4.69, 9.17) is 21.1 Å². The van der Waals surface area contributed by atoms with E-state index in [1.807, 2.05) is 42.2 Å². The zero-order chi connectivity index (χ0) is 21.3. The summed E-state index contributed by atoms with van der Waals surface area (Å²) in [4.78, 5) is 15.3. The summed E-state index contributed by atoms with van der Waals surface area (Å²) in [5.41, 5.74) is 1.08. The molecule has 2 aliphatic heterocycles. The Kier molecular flexibility index (Phi) is 9.04. The number of aliphatic hydroxyl groups is 1. The third-order valence-corrected chi connectivity index (χ3v) is 6.27. The van der Waals surface area contributed by atoms with Crippen LogP contribution in [-0.4, -0.2) is 48.5 Å². The largest absolute Gasteiger partial charge is 0.459 e. The van der Waals surface area contributed by atoms with Crippen LogP contribution in [0.3, 0.4) is 0 Å². The highest BCUT2D eigenvalue weighted by molar-refractivity contribution is 6.30. The maximum Gasteiger partial charge on any atom is 0.288 e. The number of nitrogens with zero attached hydrogens (tertiary/aromatic N) is 1. The first-order valence-corrected chi connectivity index (χ1v) is 11.7. The summed E-state index contributed by atoms with van der Waals surface area (Å²) in [6.07, 6.45) is 8.51. The molecule has 5 nitrogen and oxygen atoms in total. The molecule has 30 heavy (non-hydrogen) atoms. The summed E-state index contributed by atoms with van der Waals surface area (Å²) in [5, 5.41) is 10.1. The van der Waals surface area contributed by atoms with Gasteiger partial charge in [-0.3, -0.25) is 4.79 Å². The van der Waals surface area contributed by atoms with Gasteiger partial charge in [0.1, 0.15) is 0 Å². The second-order valence-corrected chi connectivity index (χ2v) is 8.58. The summed E-state index contributed by atoms with van der Waals surface area (Å²) in [6.45, 7) is 4.10. The summed E-state index contributed by atoms with van der Waals surface area (Å²) in [5.74, 6) is 0.324. The number of amides is 1. The molecule has 2 aliphatic rings. The Morgan fingerprint density at radius 1 is 1.17 bits per heavy atom.